The molecule has 1 heterocycles. The second-order valence-corrected chi connectivity index (χ2v) is 5.44. The lowest BCUT2D eigenvalue weighted by atomic mass is 9.88. The van der Waals surface area contributed by atoms with Gasteiger partial charge in [0, 0.05) is 12.2 Å². The first-order valence-corrected chi connectivity index (χ1v) is 7.09. The van der Waals surface area contributed by atoms with Crippen LogP contribution in [0.25, 0.3) is 0 Å². The number of hydrogen-bond donors (Lipinski definition) is 1. The first kappa shape index (κ1) is 13.1. The molecule has 0 saturated carbocycles. The predicted octanol–water partition coefficient (Wildman–Crippen LogP) is 3.02. The monoisotopic (exact) mass is 286 g/mol. The highest BCUT2D eigenvalue weighted by Gasteiger charge is 2.20. The SMILES string of the molecule is O=C(N[C@@H]1CCc2ccccc2C1)c1ccc(Cl)nc1. The smallest absolute Gasteiger partial charge is 0.253 e. The highest BCUT2D eigenvalue weighted by Crippen LogP contribution is 2.21. The number of benzene rings is 1. The number of rotatable bonds is 2. The van der Waals surface area contributed by atoms with E-state index < -0.39 is 0 Å². The minimum absolute atomic E-state index is 0.0847. The quantitative estimate of drug-likeness (QED) is 0.862. The lowest BCUT2D eigenvalue weighted by molar-refractivity contribution is 0.0933. The molecule has 0 saturated heterocycles. The number of aromatic nitrogens is 1. The van der Waals surface area contributed by atoms with Crippen LogP contribution in [0.15, 0.2) is 42.6 Å². The van der Waals surface area contributed by atoms with Crippen molar-refractivity contribution in [2.45, 2.75) is 25.3 Å². The summed E-state index contributed by atoms with van der Waals surface area (Å²) in [6.45, 7) is 0. The van der Waals surface area contributed by atoms with E-state index in [2.05, 4.69) is 28.5 Å². The molecule has 1 aromatic heterocycles. The van der Waals surface area contributed by atoms with Gasteiger partial charge < -0.3 is 5.32 Å². The fraction of sp³-hybridized carbons (Fsp3) is 0.250. The third-order valence-electron chi connectivity index (χ3n) is 3.67. The summed E-state index contributed by atoms with van der Waals surface area (Å²) >= 11 is 5.72. The number of carbonyl (C=O) groups is 1. The van der Waals surface area contributed by atoms with Crippen LogP contribution in [0.4, 0.5) is 0 Å². The Bertz CT molecular complexity index is 625. The summed E-state index contributed by atoms with van der Waals surface area (Å²) in [6.07, 6.45) is 4.39. The van der Waals surface area contributed by atoms with Gasteiger partial charge in [-0.2, -0.15) is 0 Å². The van der Waals surface area contributed by atoms with Crippen molar-refractivity contribution in [3.05, 3.63) is 64.4 Å². The zero-order valence-electron chi connectivity index (χ0n) is 11.0. The lowest BCUT2D eigenvalue weighted by Gasteiger charge is -2.25. The molecule has 0 radical (unpaired) electrons. The molecule has 1 aliphatic carbocycles. The second-order valence-electron chi connectivity index (χ2n) is 5.05. The van der Waals surface area contributed by atoms with Gasteiger partial charge in [-0.05, 0) is 42.5 Å². The highest BCUT2D eigenvalue weighted by atomic mass is 35.5. The van der Waals surface area contributed by atoms with Crippen molar-refractivity contribution < 1.29 is 4.79 Å². The van der Waals surface area contributed by atoms with Gasteiger partial charge in [0.1, 0.15) is 5.15 Å². The first-order chi connectivity index (χ1) is 9.72. The third-order valence-corrected chi connectivity index (χ3v) is 3.90. The molecule has 3 nitrogen and oxygen atoms in total. The summed E-state index contributed by atoms with van der Waals surface area (Å²) in [7, 11) is 0. The van der Waals surface area contributed by atoms with Crippen molar-refractivity contribution in [2.75, 3.05) is 0 Å². The maximum atomic E-state index is 12.1. The Hall–Kier alpha value is -1.87. The fourth-order valence-electron chi connectivity index (χ4n) is 2.60. The number of hydrogen-bond acceptors (Lipinski definition) is 2. The number of carbonyl (C=O) groups excluding carboxylic acids is 1. The van der Waals surface area contributed by atoms with E-state index in [1.807, 2.05) is 6.07 Å². The van der Waals surface area contributed by atoms with Crippen LogP contribution >= 0.6 is 11.6 Å². The van der Waals surface area contributed by atoms with E-state index in [9.17, 15) is 4.79 Å². The van der Waals surface area contributed by atoms with Gasteiger partial charge in [-0.1, -0.05) is 35.9 Å². The Morgan fingerprint density at radius 2 is 2.00 bits per heavy atom. The average molecular weight is 287 g/mol. The van der Waals surface area contributed by atoms with Crippen LogP contribution in [0.2, 0.25) is 5.15 Å². The molecule has 0 fully saturated rings. The van der Waals surface area contributed by atoms with Gasteiger partial charge in [-0.15, -0.1) is 0 Å². The summed E-state index contributed by atoms with van der Waals surface area (Å²) < 4.78 is 0. The number of pyridine rings is 1. The van der Waals surface area contributed by atoms with Gasteiger partial charge in [0.05, 0.1) is 5.56 Å². The zero-order valence-corrected chi connectivity index (χ0v) is 11.7. The van der Waals surface area contributed by atoms with Crippen LogP contribution in [0.1, 0.15) is 27.9 Å². The Balaban J connectivity index is 1.67. The topological polar surface area (TPSA) is 42.0 Å². The molecule has 20 heavy (non-hydrogen) atoms. The summed E-state index contributed by atoms with van der Waals surface area (Å²) in [5, 5.41) is 3.47. The fourth-order valence-corrected chi connectivity index (χ4v) is 2.71. The first-order valence-electron chi connectivity index (χ1n) is 6.71. The highest BCUT2D eigenvalue weighted by molar-refractivity contribution is 6.29. The molecule has 1 amide bonds. The minimum Gasteiger partial charge on any atom is -0.349 e. The summed E-state index contributed by atoms with van der Waals surface area (Å²) in [4.78, 5) is 16.1. The standard InChI is InChI=1S/C16H15ClN2O/c17-15-8-6-13(10-18-15)16(20)19-14-7-5-11-3-1-2-4-12(11)9-14/h1-4,6,8,10,14H,5,7,9H2,(H,19,20)/t14-/m1/s1. The van der Waals surface area contributed by atoms with Gasteiger partial charge in [0.2, 0.25) is 0 Å². The molecule has 0 aliphatic heterocycles. The molecule has 1 aliphatic rings. The van der Waals surface area contributed by atoms with E-state index in [4.69, 9.17) is 11.6 Å². The third kappa shape index (κ3) is 2.83. The minimum atomic E-state index is -0.0847. The molecular formula is C16H15ClN2O. The van der Waals surface area contributed by atoms with Crippen LogP contribution in [0.3, 0.4) is 0 Å². The van der Waals surface area contributed by atoms with Gasteiger partial charge in [-0.3, -0.25) is 4.79 Å². The van der Waals surface area contributed by atoms with Gasteiger partial charge in [-0.25, -0.2) is 4.98 Å². The normalized spacial score (nSPS) is 17.4. The van der Waals surface area contributed by atoms with Gasteiger partial charge in [0.15, 0.2) is 0 Å². The Labute approximate surface area is 123 Å². The molecule has 0 bridgehead atoms. The number of fused-ring (bicyclic) bond motifs is 1. The maximum Gasteiger partial charge on any atom is 0.253 e. The number of aryl methyl sites for hydroxylation is 1. The van der Waals surface area contributed by atoms with Crippen molar-refractivity contribution in [3.8, 4) is 0 Å². The molecule has 102 valence electrons. The van der Waals surface area contributed by atoms with Crippen LogP contribution in [0, 0.1) is 0 Å². The van der Waals surface area contributed by atoms with Crippen molar-refractivity contribution >= 4 is 17.5 Å². The second kappa shape index (κ2) is 5.63. The molecule has 3 rings (SSSR count). The number of nitrogens with zero attached hydrogens (tertiary/aromatic N) is 1. The number of amides is 1. The van der Waals surface area contributed by atoms with E-state index in [-0.39, 0.29) is 11.9 Å². The predicted molar refractivity (Wildman–Crippen MR) is 79.0 cm³/mol. The van der Waals surface area contributed by atoms with Crippen LogP contribution in [-0.2, 0) is 12.8 Å². The Morgan fingerprint density at radius 1 is 1.20 bits per heavy atom. The van der Waals surface area contributed by atoms with Gasteiger partial charge >= 0.3 is 0 Å². The lowest BCUT2D eigenvalue weighted by Crippen LogP contribution is -2.38. The molecule has 0 spiro atoms. The van der Waals surface area contributed by atoms with Crippen molar-refractivity contribution in [1.29, 1.82) is 0 Å². The number of nitrogens with one attached hydrogen (secondary N) is 1. The zero-order chi connectivity index (χ0) is 13.9. The average Bonchev–Trinajstić information content (AvgIpc) is 2.48. The molecule has 1 aromatic carbocycles. The van der Waals surface area contributed by atoms with Gasteiger partial charge in [0.25, 0.3) is 5.91 Å². The molecule has 4 heteroatoms. The number of halogens is 1. The Morgan fingerprint density at radius 3 is 2.75 bits per heavy atom. The van der Waals surface area contributed by atoms with Crippen molar-refractivity contribution in [1.82, 2.24) is 10.3 Å². The largest absolute Gasteiger partial charge is 0.349 e. The molecule has 1 atom stereocenters. The Kier molecular flexibility index (Phi) is 3.70. The van der Waals surface area contributed by atoms with E-state index >= 15 is 0 Å². The van der Waals surface area contributed by atoms with Crippen LogP contribution in [0.5, 0.6) is 0 Å². The summed E-state index contributed by atoms with van der Waals surface area (Å²) in [5.74, 6) is -0.0847. The van der Waals surface area contributed by atoms with Crippen molar-refractivity contribution in [3.63, 3.8) is 0 Å². The molecule has 0 unspecified atom stereocenters. The van der Waals surface area contributed by atoms with E-state index in [1.165, 1.54) is 17.3 Å². The summed E-state index contributed by atoms with van der Waals surface area (Å²) in [5.41, 5.74) is 3.28. The van der Waals surface area contributed by atoms with E-state index in [0.29, 0.717) is 10.7 Å². The maximum absolute atomic E-state index is 12.1. The molecule has 1 N–H and O–H groups in total. The van der Waals surface area contributed by atoms with Crippen LogP contribution < -0.4 is 5.32 Å². The van der Waals surface area contributed by atoms with Crippen LogP contribution in [-0.4, -0.2) is 16.9 Å². The molecule has 2 aromatic rings. The van der Waals surface area contributed by atoms with Crippen molar-refractivity contribution in [2.24, 2.45) is 0 Å². The molecular weight excluding hydrogens is 272 g/mol. The van der Waals surface area contributed by atoms with E-state index in [0.717, 1.165) is 19.3 Å². The summed E-state index contributed by atoms with van der Waals surface area (Å²) in [6, 6.07) is 11.9. The van der Waals surface area contributed by atoms with E-state index in [1.54, 1.807) is 12.1 Å².